The lowest BCUT2D eigenvalue weighted by Crippen LogP contribution is -2.25. The Morgan fingerprint density at radius 3 is 2.81 bits per heavy atom. The number of nitrogens with zero attached hydrogens (tertiary/aromatic N) is 2. The highest BCUT2D eigenvalue weighted by Crippen LogP contribution is 2.12. The lowest BCUT2D eigenvalue weighted by Gasteiger charge is -2.11. The van der Waals surface area contributed by atoms with Gasteiger partial charge in [-0.2, -0.15) is 0 Å². The molecule has 6 heteroatoms. The van der Waals surface area contributed by atoms with Crippen LogP contribution in [0.1, 0.15) is 5.56 Å². The molecule has 0 aliphatic rings. The van der Waals surface area contributed by atoms with E-state index in [1.807, 2.05) is 0 Å². The number of hydrogen-bond donors (Lipinski definition) is 0. The summed E-state index contributed by atoms with van der Waals surface area (Å²) in [6.07, 6.45) is 2.54. The maximum Gasteiger partial charge on any atom is 0.305 e. The minimum absolute atomic E-state index is 0.499. The number of likely N-dealkylation sites (N-methyl/N-ethyl adjacent to an activating group) is 1. The first-order valence-corrected chi connectivity index (χ1v) is 5.15. The molecule has 0 N–H and O–H groups in total. The highest BCUT2D eigenvalue weighted by molar-refractivity contribution is 9.10. The minimum atomic E-state index is -0.909. The van der Waals surface area contributed by atoms with Crippen LogP contribution >= 0.6 is 15.9 Å². The van der Waals surface area contributed by atoms with Crippen molar-refractivity contribution in [2.45, 2.75) is 0 Å². The van der Waals surface area contributed by atoms with Crippen LogP contribution in [0.4, 0.5) is 4.39 Å². The molecule has 0 spiro atoms. The van der Waals surface area contributed by atoms with Gasteiger partial charge in [0.2, 0.25) is 0 Å². The third-order valence-electron chi connectivity index (χ3n) is 1.81. The fourth-order valence-electron chi connectivity index (χ4n) is 0.914. The molecule has 0 aliphatic heterocycles. The van der Waals surface area contributed by atoms with E-state index >= 15 is 0 Å². The topological polar surface area (TPSA) is 42.4 Å². The van der Waals surface area contributed by atoms with Crippen LogP contribution in [0.5, 0.6) is 0 Å². The third-order valence-corrected chi connectivity index (χ3v) is 2.28. The van der Waals surface area contributed by atoms with E-state index in [4.69, 9.17) is 0 Å². The molecule has 16 heavy (non-hydrogen) atoms. The maximum atomic E-state index is 13.4. The van der Waals surface area contributed by atoms with Crippen molar-refractivity contribution in [1.82, 2.24) is 10.0 Å². The predicted molar refractivity (Wildman–Crippen MR) is 60.8 cm³/mol. The molecule has 4 nitrogen and oxygen atoms in total. The summed E-state index contributed by atoms with van der Waals surface area (Å²) < 4.78 is 14.0. The number of halogens is 2. The van der Waals surface area contributed by atoms with Crippen molar-refractivity contribution >= 4 is 27.9 Å². The molecule has 0 fully saturated rings. The van der Waals surface area contributed by atoms with E-state index in [1.165, 1.54) is 20.4 Å². The van der Waals surface area contributed by atoms with E-state index < -0.39 is 11.7 Å². The van der Waals surface area contributed by atoms with Crippen LogP contribution in [0.2, 0.25) is 0 Å². The zero-order valence-corrected chi connectivity index (χ0v) is 10.4. The number of pyridine rings is 1. The van der Waals surface area contributed by atoms with Crippen LogP contribution in [-0.2, 0) is 9.63 Å². The van der Waals surface area contributed by atoms with E-state index in [9.17, 15) is 9.18 Å². The Morgan fingerprint density at radius 1 is 1.62 bits per heavy atom. The van der Waals surface area contributed by atoms with Crippen molar-refractivity contribution in [3.63, 3.8) is 0 Å². The quantitative estimate of drug-likeness (QED) is 0.486. The Labute approximate surface area is 101 Å². The second-order valence-electron chi connectivity index (χ2n) is 2.89. The molecule has 0 aliphatic carbocycles. The third kappa shape index (κ3) is 3.39. The first-order valence-electron chi connectivity index (χ1n) is 4.35. The summed E-state index contributed by atoms with van der Waals surface area (Å²) in [6, 6.07) is 3.29. The molecule has 0 saturated carbocycles. The predicted octanol–water partition coefficient (Wildman–Crippen LogP) is 2.17. The SMILES string of the molecule is CON(C)C(=O)C(F)=Cc1ccc(Br)nc1. The van der Waals surface area contributed by atoms with Crippen molar-refractivity contribution < 1.29 is 14.0 Å². The van der Waals surface area contributed by atoms with Gasteiger partial charge in [-0.3, -0.25) is 9.63 Å². The summed E-state index contributed by atoms with van der Waals surface area (Å²) in [7, 11) is 2.61. The molecule has 1 heterocycles. The van der Waals surface area contributed by atoms with E-state index in [2.05, 4.69) is 25.8 Å². The van der Waals surface area contributed by atoms with Gasteiger partial charge in [-0.1, -0.05) is 6.07 Å². The van der Waals surface area contributed by atoms with Crippen LogP contribution in [0, 0.1) is 0 Å². The Balaban J connectivity index is 2.84. The number of carbonyl (C=O) groups is 1. The van der Waals surface area contributed by atoms with Crippen LogP contribution in [-0.4, -0.2) is 30.1 Å². The average Bonchev–Trinajstić information content (AvgIpc) is 2.30. The Hall–Kier alpha value is -1.27. The fourth-order valence-corrected chi connectivity index (χ4v) is 1.15. The number of aromatic nitrogens is 1. The first-order chi connectivity index (χ1) is 7.54. The summed E-state index contributed by atoms with van der Waals surface area (Å²) >= 11 is 3.15. The molecule has 1 rings (SSSR count). The van der Waals surface area contributed by atoms with Gasteiger partial charge in [0.15, 0.2) is 5.83 Å². The van der Waals surface area contributed by atoms with Gasteiger partial charge in [0.05, 0.1) is 7.11 Å². The Morgan fingerprint density at radius 2 is 2.31 bits per heavy atom. The highest BCUT2D eigenvalue weighted by atomic mass is 79.9. The summed E-state index contributed by atoms with van der Waals surface area (Å²) in [5.74, 6) is -1.75. The van der Waals surface area contributed by atoms with Gasteiger partial charge in [-0.05, 0) is 33.6 Å². The van der Waals surface area contributed by atoms with Crippen LogP contribution in [0.25, 0.3) is 6.08 Å². The summed E-state index contributed by atoms with van der Waals surface area (Å²) in [6.45, 7) is 0. The van der Waals surface area contributed by atoms with Gasteiger partial charge in [0.1, 0.15) is 4.60 Å². The smallest absolute Gasteiger partial charge is 0.274 e. The molecule has 0 radical (unpaired) electrons. The maximum absolute atomic E-state index is 13.4. The lowest BCUT2D eigenvalue weighted by molar-refractivity contribution is -0.165. The van der Waals surface area contributed by atoms with Crippen LogP contribution in [0.3, 0.4) is 0 Å². The summed E-state index contributed by atoms with van der Waals surface area (Å²) in [5.41, 5.74) is 0.499. The number of hydrogen-bond acceptors (Lipinski definition) is 3. The zero-order valence-electron chi connectivity index (χ0n) is 8.78. The number of rotatable bonds is 3. The van der Waals surface area contributed by atoms with Crippen molar-refractivity contribution in [3.8, 4) is 0 Å². The monoisotopic (exact) mass is 288 g/mol. The van der Waals surface area contributed by atoms with E-state index in [1.54, 1.807) is 12.1 Å². The molecule has 0 atom stereocenters. The largest absolute Gasteiger partial charge is 0.305 e. The number of carbonyl (C=O) groups excluding carboxylic acids is 1. The van der Waals surface area contributed by atoms with Gasteiger partial charge >= 0.3 is 5.91 Å². The molecule has 0 saturated heterocycles. The second-order valence-corrected chi connectivity index (χ2v) is 3.70. The van der Waals surface area contributed by atoms with Crippen molar-refractivity contribution in [2.75, 3.05) is 14.2 Å². The number of amides is 1. The molecular formula is C10H10BrFN2O2. The molecule has 0 bridgehead atoms. The normalized spacial score (nSPS) is 11.4. The fraction of sp³-hybridized carbons (Fsp3) is 0.200. The zero-order chi connectivity index (χ0) is 12.1. The van der Waals surface area contributed by atoms with E-state index in [0.29, 0.717) is 10.2 Å². The summed E-state index contributed by atoms with van der Waals surface area (Å²) in [5, 5.41) is 0.804. The molecule has 86 valence electrons. The van der Waals surface area contributed by atoms with Crippen molar-refractivity contribution in [3.05, 3.63) is 34.3 Å². The molecule has 0 aromatic carbocycles. The van der Waals surface area contributed by atoms with Crippen molar-refractivity contribution in [1.29, 1.82) is 0 Å². The standard InChI is InChI=1S/C10H10BrFN2O2/c1-14(16-2)10(15)8(12)5-7-3-4-9(11)13-6-7/h3-6H,1-2H3. The number of hydroxylamine groups is 2. The van der Waals surface area contributed by atoms with E-state index in [0.717, 1.165) is 11.1 Å². The van der Waals surface area contributed by atoms with Crippen LogP contribution < -0.4 is 0 Å². The van der Waals surface area contributed by atoms with Gasteiger partial charge in [-0.25, -0.2) is 14.4 Å². The first kappa shape index (κ1) is 12.8. The Bertz CT molecular complexity index is 406. The molecule has 1 aromatic heterocycles. The summed E-state index contributed by atoms with van der Waals surface area (Å²) in [4.78, 5) is 19.7. The molecule has 0 unspecified atom stereocenters. The highest BCUT2D eigenvalue weighted by Gasteiger charge is 2.13. The molecule has 1 amide bonds. The molecule has 1 aromatic rings. The minimum Gasteiger partial charge on any atom is -0.274 e. The van der Waals surface area contributed by atoms with E-state index in [-0.39, 0.29) is 0 Å². The van der Waals surface area contributed by atoms with Crippen molar-refractivity contribution in [2.24, 2.45) is 0 Å². The van der Waals surface area contributed by atoms with Gasteiger partial charge in [0.25, 0.3) is 0 Å². The van der Waals surface area contributed by atoms with Gasteiger partial charge in [-0.15, -0.1) is 0 Å². The molecular weight excluding hydrogens is 279 g/mol. The Kier molecular flexibility index (Phi) is 4.57. The lowest BCUT2D eigenvalue weighted by atomic mass is 10.2. The van der Waals surface area contributed by atoms with Gasteiger partial charge in [0, 0.05) is 13.2 Å². The van der Waals surface area contributed by atoms with Crippen LogP contribution in [0.15, 0.2) is 28.8 Å². The van der Waals surface area contributed by atoms with Gasteiger partial charge < -0.3 is 0 Å². The second kappa shape index (κ2) is 5.72. The average molecular weight is 289 g/mol.